The number of aliphatic hydroxyl groups is 2. The Morgan fingerprint density at radius 3 is 1.63 bits per heavy atom. The fourth-order valence-corrected chi connectivity index (χ4v) is 4.29. The van der Waals surface area contributed by atoms with Gasteiger partial charge in [0.2, 0.25) is 0 Å². The van der Waals surface area contributed by atoms with Crippen molar-refractivity contribution in [1.82, 2.24) is 0 Å². The van der Waals surface area contributed by atoms with Crippen LogP contribution in [0.4, 0.5) is 0 Å². The molecule has 1 unspecified atom stereocenters. The number of rotatable bonds is 26. The quantitative estimate of drug-likeness (QED) is 0.151. The lowest BCUT2D eigenvalue weighted by molar-refractivity contribution is 0.0467. The first kappa shape index (κ1) is 30.2. The third kappa shape index (κ3) is 26.2. The molecule has 0 aromatic carbocycles. The minimum Gasteiger partial charge on any atom is -0.394 e. The second-order valence-electron chi connectivity index (χ2n) is 8.44. The van der Waals surface area contributed by atoms with Crippen LogP contribution >= 0.6 is 11.8 Å². The Morgan fingerprint density at radius 2 is 1.13 bits per heavy atom. The normalized spacial score (nSPS) is 12.5. The van der Waals surface area contributed by atoms with Crippen LogP contribution in [0.3, 0.4) is 0 Å². The van der Waals surface area contributed by atoms with Gasteiger partial charge in [-0.15, -0.1) is 0 Å². The Bertz CT molecular complexity index is 305. The molecule has 30 heavy (non-hydrogen) atoms. The van der Waals surface area contributed by atoms with Gasteiger partial charge in [0.25, 0.3) is 0 Å². The zero-order valence-electron chi connectivity index (χ0n) is 20.0. The minimum atomic E-state index is -0.395. The van der Waals surface area contributed by atoms with Gasteiger partial charge in [0.05, 0.1) is 32.5 Å². The van der Waals surface area contributed by atoms with Crippen molar-refractivity contribution in [2.24, 2.45) is 0 Å². The van der Waals surface area contributed by atoms with Crippen LogP contribution in [0.1, 0.15) is 110 Å². The highest BCUT2D eigenvalue weighted by atomic mass is 32.2. The van der Waals surface area contributed by atoms with Crippen molar-refractivity contribution in [2.75, 3.05) is 44.5 Å². The van der Waals surface area contributed by atoms with Crippen LogP contribution in [0.15, 0.2) is 0 Å². The highest BCUT2D eigenvalue weighted by Crippen LogP contribution is 2.13. The molecule has 1 atom stereocenters. The van der Waals surface area contributed by atoms with Gasteiger partial charge in [0.1, 0.15) is 0 Å². The minimum absolute atomic E-state index is 0.0699. The van der Waals surface area contributed by atoms with E-state index in [4.69, 9.17) is 14.6 Å². The lowest BCUT2D eigenvalue weighted by Gasteiger charge is -2.11. The second-order valence-corrected chi connectivity index (χ2v) is 9.59. The second kappa shape index (κ2) is 27.2. The standard InChI is InChI=1S/C25H52O4S/c1-2-3-4-5-6-7-8-9-10-11-12-13-14-15-16-17-19-29-23-25(27)24-30-22-21-28-20-18-26/h25-27H,2-24H2,1H3. The molecule has 182 valence electrons. The SMILES string of the molecule is CCCCCCCCCCCCCCCCCCOCC(O)CSCCOCCO. The van der Waals surface area contributed by atoms with Crippen LogP contribution < -0.4 is 0 Å². The van der Waals surface area contributed by atoms with Crippen molar-refractivity contribution in [3.63, 3.8) is 0 Å². The molecule has 0 aromatic rings. The summed E-state index contributed by atoms with van der Waals surface area (Å²) in [5.74, 6) is 1.53. The van der Waals surface area contributed by atoms with Gasteiger partial charge >= 0.3 is 0 Å². The molecule has 0 saturated carbocycles. The van der Waals surface area contributed by atoms with E-state index in [1.165, 1.54) is 96.3 Å². The van der Waals surface area contributed by atoms with Crippen molar-refractivity contribution in [1.29, 1.82) is 0 Å². The first-order valence-corrected chi connectivity index (χ1v) is 14.0. The third-order valence-electron chi connectivity index (χ3n) is 5.37. The molecule has 0 rings (SSSR count). The fraction of sp³-hybridized carbons (Fsp3) is 1.00. The summed E-state index contributed by atoms with van der Waals surface area (Å²) in [6.45, 7) is 4.57. The summed E-state index contributed by atoms with van der Waals surface area (Å²) in [4.78, 5) is 0. The van der Waals surface area contributed by atoms with Crippen molar-refractivity contribution in [3.05, 3.63) is 0 Å². The number of thioether (sulfide) groups is 1. The van der Waals surface area contributed by atoms with Crippen LogP contribution in [-0.2, 0) is 9.47 Å². The molecule has 2 N–H and O–H groups in total. The Hall–Kier alpha value is 0.190. The maximum Gasteiger partial charge on any atom is 0.0863 e. The molecular formula is C25H52O4S. The summed E-state index contributed by atoms with van der Waals surface area (Å²) >= 11 is 1.67. The maximum atomic E-state index is 9.86. The highest BCUT2D eigenvalue weighted by Gasteiger charge is 2.04. The Labute approximate surface area is 191 Å². The first-order valence-electron chi connectivity index (χ1n) is 12.8. The largest absolute Gasteiger partial charge is 0.394 e. The molecule has 0 aliphatic carbocycles. The molecule has 4 nitrogen and oxygen atoms in total. The number of hydrogen-bond acceptors (Lipinski definition) is 5. The summed E-state index contributed by atoms with van der Waals surface area (Å²) < 4.78 is 10.8. The molecule has 0 bridgehead atoms. The van der Waals surface area contributed by atoms with E-state index in [1.54, 1.807) is 11.8 Å². The Kier molecular flexibility index (Phi) is 27.4. The van der Waals surface area contributed by atoms with Gasteiger partial charge in [0.15, 0.2) is 0 Å². The summed E-state index contributed by atoms with van der Waals surface area (Å²) in [5.41, 5.74) is 0. The molecule has 0 radical (unpaired) electrons. The lowest BCUT2D eigenvalue weighted by Crippen LogP contribution is -2.19. The van der Waals surface area contributed by atoms with Gasteiger partial charge in [-0.2, -0.15) is 11.8 Å². The van der Waals surface area contributed by atoms with Crippen LogP contribution in [0.5, 0.6) is 0 Å². The van der Waals surface area contributed by atoms with E-state index in [2.05, 4.69) is 6.92 Å². The molecule has 0 fully saturated rings. The van der Waals surface area contributed by atoms with Crippen molar-refractivity contribution in [2.45, 2.75) is 116 Å². The van der Waals surface area contributed by atoms with Gasteiger partial charge in [-0.25, -0.2) is 0 Å². The molecule has 0 heterocycles. The van der Waals surface area contributed by atoms with E-state index < -0.39 is 6.10 Å². The van der Waals surface area contributed by atoms with E-state index in [1.807, 2.05) is 0 Å². The van der Waals surface area contributed by atoms with Gasteiger partial charge < -0.3 is 19.7 Å². The molecule has 0 aromatic heterocycles. The topological polar surface area (TPSA) is 58.9 Å². The summed E-state index contributed by atoms with van der Waals surface area (Å²) in [7, 11) is 0. The van der Waals surface area contributed by atoms with Crippen LogP contribution in [0.25, 0.3) is 0 Å². The average molecular weight is 449 g/mol. The van der Waals surface area contributed by atoms with Gasteiger partial charge in [-0.3, -0.25) is 0 Å². The van der Waals surface area contributed by atoms with E-state index in [-0.39, 0.29) is 6.61 Å². The van der Waals surface area contributed by atoms with Crippen LogP contribution in [0.2, 0.25) is 0 Å². The summed E-state index contributed by atoms with van der Waals surface area (Å²) in [5, 5.41) is 18.5. The molecule has 5 heteroatoms. The first-order chi connectivity index (χ1) is 14.8. The summed E-state index contributed by atoms with van der Waals surface area (Å²) in [6.07, 6.45) is 21.7. The van der Waals surface area contributed by atoms with Crippen LogP contribution in [-0.4, -0.2) is 60.9 Å². The van der Waals surface area contributed by atoms with Gasteiger partial charge in [0, 0.05) is 18.1 Å². The third-order valence-corrected chi connectivity index (χ3v) is 6.45. The monoisotopic (exact) mass is 448 g/mol. The maximum absolute atomic E-state index is 9.86. The Morgan fingerprint density at radius 1 is 0.633 bits per heavy atom. The smallest absolute Gasteiger partial charge is 0.0863 e. The number of hydrogen-bond donors (Lipinski definition) is 2. The van der Waals surface area contributed by atoms with E-state index in [9.17, 15) is 5.11 Å². The molecular weight excluding hydrogens is 396 g/mol. The van der Waals surface area contributed by atoms with Gasteiger partial charge in [-0.05, 0) is 6.42 Å². The zero-order valence-corrected chi connectivity index (χ0v) is 20.8. The molecule has 0 aliphatic rings. The molecule has 0 amide bonds. The van der Waals surface area contributed by atoms with E-state index in [0.717, 1.165) is 18.8 Å². The number of aliphatic hydroxyl groups excluding tert-OH is 2. The number of ether oxygens (including phenoxy) is 2. The molecule has 0 spiro atoms. The predicted molar refractivity (Wildman–Crippen MR) is 132 cm³/mol. The average Bonchev–Trinajstić information content (AvgIpc) is 2.75. The molecule has 0 aliphatic heterocycles. The Balaban J connectivity index is 3.09. The summed E-state index contributed by atoms with van der Waals surface area (Å²) in [6, 6.07) is 0. The lowest BCUT2D eigenvalue weighted by atomic mass is 10.0. The van der Waals surface area contributed by atoms with Crippen molar-refractivity contribution >= 4 is 11.8 Å². The fourth-order valence-electron chi connectivity index (χ4n) is 3.52. The van der Waals surface area contributed by atoms with Crippen molar-refractivity contribution < 1.29 is 19.7 Å². The van der Waals surface area contributed by atoms with E-state index >= 15 is 0 Å². The van der Waals surface area contributed by atoms with E-state index in [0.29, 0.717) is 25.6 Å². The molecule has 0 saturated heterocycles. The van der Waals surface area contributed by atoms with Crippen molar-refractivity contribution in [3.8, 4) is 0 Å². The highest BCUT2D eigenvalue weighted by molar-refractivity contribution is 7.99. The zero-order chi connectivity index (χ0) is 22.0. The predicted octanol–water partition coefficient (Wildman–Crippen LogP) is 6.37. The number of unbranched alkanes of at least 4 members (excludes halogenated alkanes) is 15. The van der Waals surface area contributed by atoms with Crippen LogP contribution in [0, 0.1) is 0 Å². The van der Waals surface area contributed by atoms with Gasteiger partial charge in [-0.1, -0.05) is 103 Å².